The molecule has 1 fully saturated rings. The largest absolute Gasteiger partial charge is 0.486 e. The van der Waals surface area contributed by atoms with Crippen molar-refractivity contribution in [1.29, 1.82) is 0 Å². The SMILES string of the molecule is O=C(NC1CCCCC1)C(c1cccs1)N(C(=O)C1COc2ccccc2O1)c1ccc2c(c1)OCCO2. The van der Waals surface area contributed by atoms with Crippen molar-refractivity contribution in [2.75, 3.05) is 24.7 Å². The highest BCUT2D eigenvalue weighted by molar-refractivity contribution is 7.10. The number of anilines is 1. The number of nitrogens with zero attached hydrogens (tertiary/aromatic N) is 1. The van der Waals surface area contributed by atoms with Crippen molar-refractivity contribution in [2.45, 2.75) is 50.3 Å². The first kappa shape index (κ1) is 24.6. The summed E-state index contributed by atoms with van der Waals surface area (Å²) in [5.41, 5.74) is 0.527. The van der Waals surface area contributed by atoms with Gasteiger partial charge in [0.15, 0.2) is 23.0 Å². The number of hydrogen-bond acceptors (Lipinski definition) is 7. The van der Waals surface area contributed by atoms with Crippen LogP contribution < -0.4 is 29.2 Å². The van der Waals surface area contributed by atoms with E-state index in [2.05, 4.69) is 5.32 Å². The lowest BCUT2D eigenvalue weighted by Gasteiger charge is -2.36. The average Bonchev–Trinajstić information content (AvgIpc) is 3.50. The summed E-state index contributed by atoms with van der Waals surface area (Å²) in [4.78, 5) is 30.6. The van der Waals surface area contributed by atoms with E-state index >= 15 is 0 Å². The molecule has 1 aromatic heterocycles. The summed E-state index contributed by atoms with van der Waals surface area (Å²) >= 11 is 1.44. The van der Waals surface area contributed by atoms with Gasteiger partial charge in [-0.1, -0.05) is 37.5 Å². The van der Waals surface area contributed by atoms with E-state index in [0.29, 0.717) is 41.9 Å². The van der Waals surface area contributed by atoms with E-state index in [1.807, 2.05) is 29.6 Å². The molecule has 2 aliphatic heterocycles. The Morgan fingerprint density at radius 1 is 0.868 bits per heavy atom. The van der Waals surface area contributed by atoms with Crippen LogP contribution in [0, 0.1) is 0 Å². The molecule has 0 saturated heterocycles. The van der Waals surface area contributed by atoms with E-state index in [9.17, 15) is 9.59 Å². The minimum absolute atomic E-state index is 0.0400. The van der Waals surface area contributed by atoms with Crippen LogP contribution in [0.1, 0.15) is 43.0 Å². The Morgan fingerprint density at radius 2 is 1.63 bits per heavy atom. The summed E-state index contributed by atoms with van der Waals surface area (Å²) in [6.07, 6.45) is 4.32. The number of hydrogen-bond donors (Lipinski definition) is 1. The second kappa shape index (κ2) is 10.9. The van der Waals surface area contributed by atoms with Crippen LogP contribution in [0.25, 0.3) is 0 Å². The highest BCUT2D eigenvalue weighted by Crippen LogP contribution is 2.39. The van der Waals surface area contributed by atoms with E-state index in [-0.39, 0.29) is 24.5 Å². The Labute approximate surface area is 225 Å². The van der Waals surface area contributed by atoms with Crippen LogP contribution in [0.5, 0.6) is 23.0 Å². The molecule has 2 amide bonds. The summed E-state index contributed by atoms with van der Waals surface area (Å²) in [6.45, 7) is 0.916. The maximum absolute atomic E-state index is 14.3. The van der Waals surface area contributed by atoms with E-state index in [4.69, 9.17) is 18.9 Å². The first-order valence-electron chi connectivity index (χ1n) is 13.1. The third-order valence-electron chi connectivity index (χ3n) is 7.10. The Bertz CT molecular complexity index is 1290. The Hall–Kier alpha value is -3.72. The van der Waals surface area contributed by atoms with E-state index in [1.165, 1.54) is 22.7 Å². The fourth-order valence-electron chi connectivity index (χ4n) is 5.23. The number of para-hydroxylation sites is 2. The van der Waals surface area contributed by atoms with Crippen molar-refractivity contribution in [3.8, 4) is 23.0 Å². The van der Waals surface area contributed by atoms with Gasteiger partial charge in [-0.2, -0.15) is 0 Å². The highest BCUT2D eigenvalue weighted by Gasteiger charge is 2.40. The molecule has 0 bridgehead atoms. The van der Waals surface area contributed by atoms with Gasteiger partial charge in [0.05, 0.1) is 0 Å². The van der Waals surface area contributed by atoms with Gasteiger partial charge < -0.3 is 24.3 Å². The molecule has 3 heterocycles. The zero-order valence-electron chi connectivity index (χ0n) is 21.0. The number of carbonyl (C=O) groups is 2. The van der Waals surface area contributed by atoms with Crippen molar-refractivity contribution >= 4 is 28.8 Å². The number of amides is 2. The minimum Gasteiger partial charge on any atom is -0.486 e. The predicted octanol–water partition coefficient (Wildman–Crippen LogP) is 4.88. The van der Waals surface area contributed by atoms with Gasteiger partial charge in [0.1, 0.15) is 25.9 Å². The average molecular weight is 535 g/mol. The third kappa shape index (κ3) is 5.03. The standard InChI is InChI=1S/C29H30N2O6S/c32-28(30-19-7-2-1-3-8-19)27(26-11-6-16-38-26)31(20-12-13-22-24(17-20)35-15-14-34-22)29(33)25-18-36-21-9-4-5-10-23(21)37-25/h4-6,9-13,16-17,19,25,27H,1-3,7-8,14-15,18H2,(H,30,32). The fraction of sp³-hybridized carbons (Fsp3) is 0.379. The fourth-order valence-corrected chi connectivity index (χ4v) is 6.04. The molecule has 8 nitrogen and oxygen atoms in total. The minimum atomic E-state index is -0.928. The van der Waals surface area contributed by atoms with Gasteiger partial charge in [0, 0.05) is 22.7 Å². The third-order valence-corrected chi connectivity index (χ3v) is 8.02. The normalized spacial score (nSPS) is 19.3. The molecular formula is C29H30N2O6S. The Balaban J connectivity index is 1.38. The molecule has 2 unspecified atom stereocenters. The highest BCUT2D eigenvalue weighted by atomic mass is 32.1. The first-order chi connectivity index (χ1) is 18.7. The molecule has 2 aromatic carbocycles. The number of fused-ring (bicyclic) bond motifs is 2. The molecule has 38 heavy (non-hydrogen) atoms. The summed E-state index contributed by atoms with van der Waals surface area (Å²) < 4.78 is 23.5. The number of nitrogens with one attached hydrogen (secondary N) is 1. The lowest BCUT2D eigenvalue weighted by molar-refractivity contribution is -0.132. The quantitative estimate of drug-likeness (QED) is 0.485. The van der Waals surface area contributed by atoms with Crippen molar-refractivity contribution in [3.05, 3.63) is 64.9 Å². The second-order valence-electron chi connectivity index (χ2n) is 9.66. The van der Waals surface area contributed by atoms with Gasteiger partial charge in [-0.15, -0.1) is 11.3 Å². The van der Waals surface area contributed by atoms with Gasteiger partial charge in [0.25, 0.3) is 5.91 Å². The maximum Gasteiger partial charge on any atom is 0.272 e. The van der Waals surface area contributed by atoms with Crippen LogP contribution in [0.15, 0.2) is 60.0 Å². The maximum atomic E-state index is 14.3. The van der Waals surface area contributed by atoms with Crippen LogP contribution in [0.3, 0.4) is 0 Å². The van der Waals surface area contributed by atoms with E-state index < -0.39 is 12.1 Å². The summed E-state index contributed by atoms with van der Waals surface area (Å²) in [7, 11) is 0. The van der Waals surface area contributed by atoms with Crippen molar-refractivity contribution < 1.29 is 28.5 Å². The molecule has 1 saturated carbocycles. The Kier molecular flexibility index (Phi) is 7.09. The summed E-state index contributed by atoms with van der Waals surface area (Å²) in [5.74, 6) is 1.66. The summed E-state index contributed by atoms with van der Waals surface area (Å²) in [5, 5.41) is 5.15. The lowest BCUT2D eigenvalue weighted by Crippen LogP contribution is -2.52. The van der Waals surface area contributed by atoms with Crippen LogP contribution in [0.2, 0.25) is 0 Å². The van der Waals surface area contributed by atoms with Gasteiger partial charge in [0.2, 0.25) is 12.0 Å². The molecule has 3 aromatic rings. The zero-order valence-corrected chi connectivity index (χ0v) is 21.8. The molecule has 9 heteroatoms. The van der Waals surface area contributed by atoms with Crippen LogP contribution >= 0.6 is 11.3 Å². The van der Waals surface area contributed by atoms with Crippen LogP contribution in [0.4, 0.5) is 5.69 Å². The number of ether oxygens (including phenoxy) is 4. The first-order valence-corrected chi connectivity index (χ1v) is 14.0. The molecular weight excluding hydrogens is 504 g/mol. The van der Waals surface area contributed by atoms with Crippen LogP contribution in [-0.2, 0) is 9.59 Å². The molecule has 1 N–H and O–H groups in total. The molecule has 0 radical (unpaired) electrons. The number of rotatable bonds is 6. The smallest absolute Gasteiger partial charge is 0.272 e. The number of thiophene rings is 1. The molecule has 6 rings (SSSR count). The number of carbonyl (C=O) groups excluding carboxylic acids is 2. The topological polar surface area (TPSA) is 86.3 Å². The lowest BCUT2D eigenvalue weighted by atomic mass is 9.95. The second-order valence-corrected chi connectivity index (χ2v) is 10.6. The zero-order chi connectivity index (χ0) is 25.9. The summed E-state index contributed by atoms with van der Waals surface area (Å²) in [6, 6.07) is 15.6. The molecule has 0 spiro atoms. The van der Waals surface area contributed by atoms with Gasteiger partial charge in [-0.05, 0) is 48.6 Å². The molecule has 3 aliphatic rings. The molecule has 198 valence electrons. The van der Waals surface area contributed by atoms with E-state index in [1.54, 1.807) is 30.3 Å². The van der Waals surface area contributed by atoms with Gasteiger partial charge in [-0.3, -0.25) is 14.5 Å². The van der Waals surface area contributed by atoms with Crippen LogP contribution in [-0.4, -0.2) is 43.8 Å². The van der Waals surface area contributed by atoms with Crippen molar-refractivity contribution in [1.82, 2.24) is 5.32 Å². The van der Waals surface area contributed by atoms with Gasteiger partial charge in [-0.25, -0.2) is 0 Å². The monoisotopic (exact) mass is 534 g/mol. The Morgan fingerprint density at radius 3 is 2.42 bits per heavy atom. The van der Waals surface area contributed by atoms with E-state index in [0.717, 1.165) is 30.6 Å². The number of benzene rings is 2. The van der Waals surface area contributed by atoms with Crippen molar-refractivity contribution in [3.63, 3.8) is 0 Å². The van der Waals surface area contributed by atoms with Crippen molar-refractivity contribution in [2.24, 2.45) is 0 Å². The molecule has 1 aliphatic carbocycles. The van der Waals surface area contributed by atoms with Gasteiger partial charge >= 0.3 is 0 Å². The molecule has 2 atom stereocenters. The predicted molar refractivity (Wildman–Crippen MR) is 143 cm³/mol.